The summed E-state index contributed by atoms with van der Waals surface area (Å²) in [6, 6.07) is 6.96. The van der Waals surface area contributed by atoms with Crippen LogP contribution < -0.4 is 10.6 Å². The van der Waals surface area contributed by atoms with Crippen molar-refractivity contribution in [3.8, 4) is 0 Å². The monoisotopic (exact) mass is 357 g/mol. The Kier molecular flexibility index (Phi) is 4.85. The van der Waals surface area contributed by atoms with Crippen LogP contribution in [-0.4, -0.2) is 29.2 Å². The molecule has 0 atom stereocenters. The standard InChI is InChI=1S/C18H19N3O3S/c1-11(22)19-15-7-14(8-16(9-15)20-12(2)23)18(24)21-5-3-17-13(10-21)4-6-25-17/h4,6-9H,3,5,10H2,1-2H3,(H,19,22)(H,20,23). The molecular weight excluding hydrogens is 338 g/mol. The Bertz CT molecular complexity index is 810. The van der Waals surface area contributed by atoms with Gasteiger partial charge in [-0.2, -0.15) is 0 Å². The van der Waals surface area contributed by atoms with Gasteiger partial charge in [0.25, 0.3) is 5.91 Å². The van der Waals surface area contributed by atoms with E-state index in [4.69, 9.17) is 0 Å². The van der Waals surface area contributed by atoms with Gasteiger partial charge in [-0.15, -0.1) is 11.3 Å². The van der Waals surface area contributed by atoms with Crippen LogP contribution in [0.2, 0.25) is 0 Å². The van der Waals surface area contributed by atoms with Gasteiger partial charge in [-0.1, -0.05) is 0 Å². The Morgan fingerprint density at radius 2 is 1.68 bits per heavy atom. The molecular formula is C18H19N3O3S. The van der Waals surface area contributed by atoms with Gasteiger partial charge in [0.2, 0.25) is 11.8 Å². The van der Waals surface area contributed by atoms with Crippen molar-refractivity contribution < 1.29 is 14.4 Å². The molecule has 0 saturated heterocycles. The molecule has 7 heteroatoms. The first-order chi connectivity index (χ1) is 11.9. The Hall–Kier alpha value is -2.67. The van der Waals surface area contributed by atoms with Gasteiger partial charge in [0, 0.05) is 48.8 Å². The van der Waals surface area contributed by atoms with Crippen molar-refractivity contribution in [3.63, 3.8) is 0 Å². The smallest absolute Gasteiger partial charge is 0.254 e. The number of benzene rings is 1. The highest BCUT2D eigenvalue weighted by molar-refractivity contribution is 7.10. The van der Waals surface area contributed by atoms with Crippen LogP contribution >= 0.6 is 11.3 Å². The Balaban J connectivity index is 1.88. The molecule has 2 aromatic rings. The number of nitrogens with zero attached hydrogens (tertiary/aromatic N) is 1. The fraction of sp³-hybridized carbons (Fsp3) is 0.278. The molecule has 130 valence electrons. The molecule has 0 aliphatic carbocycles. The predicted octanol–water partition coefficient (Wildman–Crippen LogP) is 2.86. The average Bonchev–Trinajstić information content (AvgIpc) is 3.00. The van der Waals surface area contributed by atoms with Crippen molar-refractivity contribution in [3.05, 3.63) is 45.6 Å². The summed E-state index contributed by atoms with van der Waals surface area (Å²) < 4.78 is 0. The van der Waals surface area contributed by atoms with Crippen molar-refractivity contribution in [1.29, 1.82) is 0 Å². The zero-order chi connectivity index (χ0) is 18.0. The minimum atomic E-state index is -0.237. The maximum Gasteiger partial charge on any atom is 0.254 e. The molecule has 1 aromatic heterocycles. The maximum atomic E-state index is 12.9. The summed E-state index contributed by atoms with van der Waals surface area (Å²) in [7, 11) is 0. The summed E-state index contributed by atoms with van der Waals surface area (Å²) in [6.45, 7) is 4.04. The van der Waals surface area contributed by atoms with Crippen LogP contribution in [0.3, 0.4) is 0 Å². The Morgan fingerprint density at radius 3 is 2.28 bits per heavy atom. The van der Waals surface area contributed by atoms with E-state index in [0.29, 0.717) is 30.0 Å². The van der Waals surface area contributed by atoms with Gasteiger partial charge in [-0.3, -0.25) is 14.4 Å². The number of amides is 3. The molecule has 0 saturated carbocycles. The number of rotatable bonds is 3. The van der Waals surface area contributed by atoms with Gasteiger partial charge in [0.05, 0.1) is 0 Å². The van der Waals surface area contributed by atoms with Crippen molar-refractivity contribution in [2.45, 2.75) is 26.8 Å². The third kappa shape index (κ3) is 4.06. The van der Waals surface area contributed by atoms with E-state index in [0.717, 1.165) is 6.42 Å². The SMILES string of the molecule is CC(=O)Nc1cc(NC(C)=O)cc(C(=O)N2CCc3sccc3C2)c1. The van der Waals surface area contributed by atoms with Gasteiger partial charge >= 0.3 is 0 Å². The number of carbonyl (C=O) groups is 3. The molecule has 0 spiro atoms. The quantitative estimate of drug-likeness (QED) is 0.887. The fourth-order valence-electron chi connectivity index (χ4n) is 2.91. The fourth-order valence-corrected chi connectivity index (χ4v) is 3.80. The molecule has 1 aliphatic rings. The lowest BCUT2D eigenvalue weighted by Crippen LogP contribution is -2.35. The summed E-state index contributed by atoms with van der Waals surface area (Å²) in [6.07, 6.45) is 0.850. The summed E-state index contributed by atoms with van der Waals surface area (Å²) >= 11 is 1.72. The molecule has 2 heterocycles. The van der Waals surface area contributed by atoms with E-state index in [1.807, 2.05) is 5.38 Å². The zero-order valence-corrected chi connectivity index (χ0v) is 14.9. The molecule has 1 aromatic carbocycles. The van der Waals surface area contributed by atoms with Gasteiger partial charge in [-0.05, 0) is 41.6 Å². The Labute approximate surface area is 149 Å². The highest BCUT2D eigenvalue weighted by Crippen LogP contribution is 2.26. The normalized spacial score (nSPS) is 13.1. The highest BCUT2D eigenvalue weighted by Gasteiger charge is 2.23. The zero-order valence-electron chi connectivity index (χ0n) is 14.1. The molecule has 3 rings (SSSR count). The Morgan fingerprint density at radius 1 is 1.04 bits per heavy atom. The number of fused-ring (bicyclic) bond motifs is 1. The predicted molar refractivity (Wildman–Crippen MR) is 97.8 cm³/mol. The summed E-state index contributed by atoms with van der Waals surface area (Å²) in [5, 5.41) is 7.38. The van der Waals surface area contributed by atoms with Gasteiger partial charge in [-0.25, -0.2) is 0 Å². The number of hydrogen-bond acceptors (Lipinski definition) is 4. The summed E-state index contributed by atoms with van der Waals surface area (Å²) in [4.78, 5) is 38.7. The number of hydrogen-bond donors (Lipinski definition) is 2. The first-order valence-corrected chi connectivity index (χ1v) is 8.85. The molecule has 2 N–H and O–H groups in total. The molecule has 6 nitrogen and oxygen atoms in total. The second-order valence-electron chi connectivity index (χ2n) is 6.01. The van der Waals surface area contributed by atoms with Gasteiger partial charge in [0.1, 0.15) is 0 Å². The largest absolute Gasteiger partial charge is 0.334 e. The first-order valence-electron chi connectivity index (χ1n) is 7.97. The van der Waals surface area contributed by atoms with E-state index in [9.17, 15) is 14.4 Å². The number of thiophene rings is 1. The molecule has 0 radical (unpaired) electrons. The van der Waals surface area contributed by atoms with Gasteiger partial charge in [0.15, 0.2) is 0 Å². The maximum absolute atomic E-state index is 12.9. The molecule has 3 amide bonds. The van der Waals surface area contributed by atoms with Crippen LogP contribution in [0, 0.1) is 0 Å². The molecule has 25 heavy (non-hydrogen) atoms. The number of nitrogens with one attached hydrogen (secondary N) is 2. The third-order valence-corrected chi connectivity index (χ3v) is 4.94. The van der Waals surface area contributed by atoms with E-state index < -0.39 is 0 Å². The van der Waals surface area contributed by atoms with Crippen molar-refractivity contribution in [2.24, 2.45) is 0 Å². The minimum Gasteiger partial charge on any atom is -0.334 e. The highest BCUT2D eigenvalue weighted by atomic mass is 32.1. The molecule has 0 fully saturated rings. The van der Waals surface area contributed by atoms with E-state index in [1.54, 1.807) is 34.4 Å². The van der Waals surface area contributed by atoms with Crippen molar-refractivity contribution in [2.75, 3.05) is 17.2 Å². The number of carbonyl (C=O) groups excluding carboxylic acids is 3. The lowest BCUT2D eigenvalue weighted by molar-refractivity contribution is -0.115. The van der Waals surface area contributed by atoms with E-state index in [2.05, 4.69) is 16.7 Å². The van der Waals surface area contributed by atoms with Crippen LogP contribution in [0.1, 0.15) is 34.6 Å². The van der Waals surface area contributed by atoms with E-state index in [1.165, 1.54) is 24.3 Å². The van der Waals surface area contributed by atoms with Crippen LogP contribution in [0.25, 0.3) is 0 Å². The molecule has 0 bridgehead atoms. The molecule has 1 aliphatic heterocycles. The lowest BCUT2D eigenvalue weighted by atomic mass is 10.1. The van der Waals surface area contributed by atoms with Crippen LogP contribution in [0.4, 0.5) is 11.4 Å². The van der Waals surface area contributed by atoms with Crippen LogP contribution in [-0.2, 0) is 22.6 Å². The van der Waals surface area contributed by atoms with Crippen LogP contribution in [0.15, 0.2) is 29.6 Å². The second-order valence-corrected chi connectivity index (χ2v) is 7.01. The average molecular weight is 357 g/mol. The second kappa shape index (κ2) is 7.06. The van der Waals surface area contributed by atoms with Gasteiger partial charge < -0.3 is 15.5 Å². The molecule has 0 unspecified atom stereocenters. The van der Waals surface area contributed by atoms with E-state index in [-0.39, 0.29) is 17.7 Å². The van der Waals surface area contributed by atoms with E-state index >= 15 is 0 Å². The minimum absolute atomic E-state index is 0.115. The van der Waals surface area contributed by atoms with Crippen molar-refractivity contribution in [1.82, 2.24) is 4.90 Å². The van der Waals surface area contributed by atoms with Crippen LogP contribution in [0.5, 0.6) is 0 Å². The number of anilines is 2. The van der Waals surface area contributed by atoms with Crippen molar-refractivity contribution >= 4 is 40.4 Å². The third-order valence-electron chi connectivity index (χ3n) is 3.92. The first kappa shape index (κ1) is 17.2. The summed E-state index contributed by atoms with van der Waals surface area (Å²) in [5.74, 6) is -0.589. The summed E-state index contributed by atoms with van der Waals surface area (Å²) in [5.41, 5.74) is 2.59. The lowest BCUT2D eigenvalue weighted by Gasteiger charge is -2.27. The topological polar surface area (TPSA) is 78.5 Å².